The average molecular weight is 419 g/mol. The first kappa shape index (κ1) is 14.4. The largest absolute Gasteiger partial charge is 0.485 e. The summed E-state index contributed by atoms with van der Waals surface area (Å²) < 4.78 is 7.77. The van der Waals surface area contributed by atoms with Crippen LogP contribution in [0.15, 0.2) is 45.3 Å². The molecule has 0 amide bonds. The summed E-state index contributed by atoms with van der Waals surface area (Å²) in [7, 11) is 0. The SMILES string of the molecule is OC1CC(c2ccc(Br)c(Cl)c2)Oc2ccc(Br)cc21. The van der Waals surface area contributed by atoms with Gasteiger partial charge in [-0.2, -0.15) is 0 Å². The van der Waals surface area contributed by atoms with Gasteiger partial charge < -0.3 is 9.84 Å². The first-order valence-electron chi connectivity index (χ1n) is 6.13. The fourth-order valence-corrected chi connectivity index (χ4v) is 3.15. The Morgan fingerprint density at radius 2 is 1.95 bits per heavy atom. The van der Waals surface area contributed by atoms with E-state index in [-0.39, 0.29) is 6.10 Å². The molecule has 0 fully saturated rings. The van der Waals surface area contributed by atoms with Crippen molar-refractivity contribution in [1.29, 1.82) is 0 Å². The average Bonchev–Trinajstić information content (AvgIpc) is 2.42. The van der Waals surface area contributed by atoms with Crippen molar-refractivity contribution >= 4 is 43.5 Å². The zero-order valence-corrected chi connectivity index (χ0v) is 14.2. The summed E-state index contributed by atoms with van der Waals surface area (Å²) >= 11 is 12.9. The van der Waals surface area contributed by atoms with Crippen molar-refractivity contribution in [3.05, 3.63) is 61.5 Å². The van der Waals surface area contributed by atoms with Gasteiger partial charge in [-0.15, -0.1) is 0 Å². The fraction of sp³-hybridized carbons (Fsp3) is 0.200. The highest BCUT2D eigenvalue weighted by Crippen LogP contribution is 2.42. The van der Waals surface area contributed by atoms with Crippen LogP contribution in [0.1, 0.15) is 29.8 Å². The lowest BCUT2D eigenvalue weighted by atomic mass is 9.95. The van der Waals surface area contributed by atoms with E-state index >= 15 is 0 Å². The summed E-state index contributed by atoms with van der Waals surface area (Å²) in [5.74, 6) is 0.719. The quantitative estimate of drug-likeness (QED) is 0.670. The molecule has 1 aliphatic heterocycles. The van der Waals surface area contributed by atoms with Crippen molar-refractivity contribution in [2.75, 3.05) is 0 Å². The molecule has 0 aromatic heterocycles. The summed E-state index contributed by atoms with van der Waals surface area (Å²) in [5, 5.41) is 10.9. The molecule has 3 rings (SSSR count). The van der Waals surface area contributed by atoms with Crippen molar-refractivity contribution in [3.63, 3.8) is 0 Å². The number of fused-ring (bicyclic) bond motifs is 1. The highest BCUT2D eigenvalue weighted by Gasteiger charge is 2.28. The molecule has 2 nitrogen and oxygen atoms in total. The van der Waals surface area contributed by atoms with Crippen LogP contribution in [0.2, 0.25) is 5.02 Å². The molecule has 1 aliphatic rings. The number of ether oxygens (including phenoxy) is 1. The van der Waals surface area contributed by atoms with Crippen molar-refractivity contribution < 1.29 is 9.84 Å². The van der Waals surface area contributed by atoms with E-state index in [0.717, 1.165) is 25.8 Å². The second kappa shape index (κ2) is 5.68. The monoisotopic (exact) mass is 416 g/mol. The van der Waals surface area contributed by atoms with E-state index in [0.29, 0.717) is 11.4 Å². The molecule has 104 valence electrons. The lowest BCUT2D eigenvalue weighted by molar-refractivity contribution is 0.0657. The number of aliphatic hydroxyl groups excluding tert-OH is 1. The highest BCUT2D eigenvalue weighted by molar-refractivity contribution is 9.10. The zero-order valence-electron chi connectivity index (χ0n) is 10.3. The van der Waals surface area contributed by atoms with Gasteiger partial charge in [-0.05, 0) is 51.8 Å². The van der Waals surface area contributed by atoms with Gasteiger partial charge in [-0.3, -0.25) is 0 Å². The summed E-state index contributed by atoms with van der Waals surface area (Å²) in [6.07, 6.45) is -0.213. The maximum Gasteiger partial charge on any atom is 0.127 e. The third kappa shape index (κ3) is 2.75. The van der Waals surface area contributed by atoms with Gasteiger partial charge in [0, 0.05) is 20.9 Å². The van der Waals surface area contributed by atoms with Crippen molar-refractivity contribution in [3.8, 4) is 5.75 Å². The van der Waals surface area contributed by atoms with Crippen molar-refractivity contribution in [2.45, 2.75) is 18.6 Å². The smallest absolute Gasteiger partial charge is 0.127 e. The molecule has 2 aromatic rings. The molecular weight excluding hydrogens is 407 g/mol. The molecule has 1 heterocycles. The molecular formula is C15H11Br2ClO2. The van der Waals surface area contributed by atoms with Gasteiger partial charge in [-0.1, -0.05) is 33.6 Å². The van der Waals surface area contributed by atoms with Crippen molar-refractivity contribution in [1.82, 2.24) is 0 Å². The Bertz CT molecular complexity index is 660. The molecule has 0 aliphatic carbocycles. The predicted molar refractivity (Wildman–Crippen MR) is 86.2 cm³/mol. The molecule has 20 heavy (non-hydrogen) atoms. The molecule has 2 unspecified atom stereocenters. The Hall–Kier alpha value is -0.550. The minimum atomic E-state index is -0.538. The summed E-state index contributed by atoms with van der Waals surface area (Å²) in [5.41, 5.74) is 1.78. The molecule has 2 aromatic carbocycles. The standard InChI is InChI=1S/C15H11Br2ClO2/c16-9-2-4-14-10(6-9)13(19)7-15(20-14)8-1-3-11(17)12(18)5-8/h1-6,13,15,19H,7H2. The summed E-state index contributed by atoms with van der Waals surface area (Å²) in [6.45, 7) is 0. The first-order valence-corrected chi connectivity index (χ1v) is 8.10. The number of benzene rings is 2. The van der Waals surface area contributed by atoms with E-state index in [1.807, 2.05) is 36.4 Å². The van der Waals surface area contributed by atoms with Gasteiger partial charge in [0.1, 0.15) is 11.9 Å². The Balaban J connectivity index is 1.94. The molecule has 0 radical (unpaired) electrons. The van der Waals surface area contributed by atoms with Crippen LogP contribution in [0.4, 0.5) is 0 Å². The normalized spacial score (nSPS) is 21.2. The van der Waals surface area contributed by atoms with Crippen LogP contribution >= 0.6 is 43.5 Å². The van der Waals surface area contributed by atoms with Gasteiger partial charge in [0.25, 0.3) is 0 Å². The fourth-order valence-electron chi connectivity index (χ4n) is 2.33. The number of hydrogen-bond donors (Lipinski definition) is 1. The minimum absolute atomic E-state index is 0.190. The zero-order chi connectivity index (χ0) is 14.3. The molecule has 0 saturated heterocycles. The Kier molecular flexibility index (Phi) is 4.09. The van der Waals surface area contributed by atoms with Gasteiger partial charge in [0.05, 0.1) is 11.1 Å². The van der Waals surface area contributed by atoms with E-state index in [2.05, 4.69) is 31.9 Å². The van der Waals surface area contributed by atoms with E-state index in [4.69, 9.17) is 16.3 Å². The topological polar surface area (TPSA) is 29.5 Å². The number of rotatable bonds is 1. The molecule has 2 atom stereocenters. The second-order valence-corrected chi connectivity index (χ2v) is 6.89. The Morgan fingerprint density at radius 3 is 2.70 bits per heavy atom. The lowest BCUT2D eigenvalue weighted by Gasteiger charge is -2.30. The maximum atomic E-state index is 10.3. The minimum Gasteiger partial charge on any atom is -0.485 e. The Morgan fingerprint density at radius 1 is 1.15 bits per heavy atom. The van der Waals surface area contributed by atoms with Crippen LogP contribution in [-0.4, -0.2) is 5.11 Å². The lowest BCUT2D eigenvalue weighted by Crippen LogP contribution is -2.19. The number of aliphatic hydroxyl groups is 1. The third-order valence-electron chi connectivity index (χ3n) is 3.35. The highest BCUT2D eigenvalue weighted by atomic mass is 79.9. The van der Waals surface area contributed by atoms with Crippen LogP contribution in [-0.2, 0) is 0 Å². The molecule has 0 spiro atoms. The summed E-state index contributed by atoms with van der Waals surface area (Å²) in [6, 6.07) is 11.4. The number of hydrogen-bond acceptors (Lipinski definition) is 2. The van der Waals surface area contributed by atoms with E-state index < -0.39 is 6.10 Å². The van der Waals surface area contributed by atoms with E-state index in [1.165, 1.54) is 0 Å². The van der Waals surface area contributed by atoms with Gasteiger partial charge in [0.15, 0.2) is 0 Å². The van der Waals surface area contributed by atoms with Crippen LogP contribution in [0.5, 0.6) is 5.75 Å². The maximum absolute atomic E-state index is 10.3. The molecule has 1 N–H and O–H groups in total. The van der Waals surface area contributed by atoms with Gasteiger partial charge in [-0.25, -0.2) is 0 Å². The first-order chi connectivity index (χ1) is 9.54. The van der Waals surface area contributed by atoms with Crippen LogP contribution < -0.4 is 4.74 Å². The van der Waals surface area contributed by atoms with Crippen LogP contribution in [0.3, 0.4) is 0 Å². The van der Waals surface area contributed by atoms with Crippen molar-refractivity contribution in [2.24, 2.45) is 0 Å². The molecule has 5 heteroatoms. The predicted octanol–water partition coefficient (Wildman–Crippen LogP) is 5.42. The Labute approximate surface area is 139 Å². The number of halogens is 3. The van der Waals surface area contributed by atoms with Gasteiger partial charge in [0.2, 0.25) is 0 Å². The van der Waals surface area contributed by atoms with Gasteiger partial charge >= 0.3 is 0 Å². The van der Waals surface area contributed by atoms with Crippen LogP contribution in [0.25, 0.3) is 0 Å². The third-order valence-corrected chi connectivity index (χ3v) is 5.08. The van der Waals surface area contributed by atoms with E-state index in [9.17, 15) is 5.11 Å². The van der Waals surface area contributed by atoms with Crippen LogP contribution in [0, 0.1) is 0 Å². The second-order valence-electron chi connectivity index (χ2n) is 4.71. The summed E-state index contributed by atoms with van der Waals surface area (Å²) in [4.78, 5) is 0. The molecule has 0 bridgehead atoms. The molecule has 0 saturated carbocycles. The van der Waals surface area contributed by atoms with E-state index in [1.54, 1.807) is 0 Å².